The van der Waals surface area contributed by atoms with Crippen molar-refractivity contribution in [3.63, 3.8) is 0 Å². The Labute approximate surface area is 174 Å². The lowest BCUT2D eigenvalue weighted by atomic mass is 10.2. The van der Waals surface area contributed by atoms with Crippen LogP contribution in [0.5, 0.6) is 11.5 Å². The number of nitrogens with zero attached hydrogens (tertiary/aromatic N) is 2. The standard InChI is InChI=1S/C22H22ClN3O3/c1-15-12-17(16(2)26(15)19-10-8-18(23)9-11-19)13-24-25-22(27)14-29-21-7-5-4-6-20(21)28-3/h4-13H,14H2,1-3H3,(H,25,27)/b24-13+. The molecular weight excluding hydrogens is 390 g/mol. The molecule has 2 aromatic carbocycles. The number of hydrogen-bond acceptors (Lipinski definition) is 4. The summed E-state index contributed by atoms with van der Waals surface area (Å²) in [6.07, 6.45) is 1.62. The number of amides is 1. The number of nitrogens with one attached hydrogen (secondary N) is 1. The zero-order chi connectivity index (χ0) is 20.8. The van der Waals surface area contributed by atoms with Crippen LogP contribution in [-0.2, 0) is 4.79 Å². The Morgan fingerprint density at radius 1 is 1.14 bits per heavy atom. The van der Waals surface area contributed by atoms with Crippen molar-refractivity contribution >= 4 is 23.7 Å². The van der Waals surface area contributed by atoms with Gasteiger partial charge >= 0.3 is 0 Å². The predicted molar refractivity (Wildman–Crippen MR) is 114 cm³/mol. The lowest BCUT2D eigenvalue weighted by Crippen LogP contribution is -2.24. The summed E-state index contributed by atoms with van der Waals surface area (Å²) < 4.78 is 12.8. The van der Waals surface area contributed by atoms with E-state index in [9.17, 15) is 4.79 Å². The molecule has 1 heterocycles. The van der Waals surface area contributed by atoms with Gasteiger partial charge in [0.2, 0.25) is 0 Å². The van der Waals surface area contributed by atoms with E-state index in [1.807, 2.05) is 56.3 Å². The Balaban J connectivity index is 1.62. The van der Waals surface area contributed by atoms with Crippen LogP contribution in [0.4, 0.5) is 0 Å². The minimum absolute atomic E-state index is 0.165. The number of hydrogen-bond donors (Lipinski definition) is 1. The second-order valence-corrected chi connectivity index (χ2v) is 6.81. The molecule has 0 aliphatic carbocycles. The van der Waals surface area contributed by atoms with Crippen LogP contribution in [0.2, 0.25) is 5.02 Å². The maximum absolute atomic E-state index is 12.0. The maximum atomic E-state index is 12.0. The van der Waals surface area contributed by atoms with Gasteiger partial charge in [-0.05, 0) is 56.3 Å². The molecule has 0 spiro atoms. The fourth-order valence-corrected chi connectivity index (χ4v) is 3.12. The van der Waals surface area contributed by atoms with Gasteiger partial charge in [-0.2, -0.15) is 5.10 Å². The lowest BCUT2D eigenvalue weighted by Gasteiger charge is -2.09. The number of methoxy groups -OCH3 is 1. The zero-order valence-corrected chi connectivity index (χ0v) is 17.2. The lowest BCUT2D eigenvalue weighted by molar-refractivity contribution is -0.123. The summed E-state index contributed by atoms with van der Waals surface area (Å²) in [4.78, 5) is 12.0. The molecule has 0 radical (unpaired) electrons. The van der Waals surface area contributed by atoms with E-state index in [0.717, 1.165) is 22.6 Å². The average Bonchev–Trinajstić information content (AvgIpc) is 3.00. The number of aryl methyl sites for hydroxylation is 1. The van der Waals surface area contributed by atoms with E-state index in [4.69, 9.17) is 21.1 Å². The SMILES string of the molecule is COc1ccccc1OCC(=O)N/N=C/c1cc(C)n(-c2ccc(Cl)cc2)c1C. The van der Waals surface area contributed by atoms with Gasteiger partial charge in [-0.1, -0.05) is 23.7 Å². The molecule has 150 valence electrons. The molecule has 3 rings (SSSR count). The van der Waals surface area contributed by atoms with Crippen molar-refractivity contribution in [2.75, 3.05) is 13.7 Å². The van der Waals surface area contributed by atoms with E-state index in [2.05, 4.69) is 15.1 Å². The number of benzene rings is 2. The molecule has 0 atom stereocenters. The first-order chi connectivity index (χ1) is 14.0. The summed E-state index contributed by atoms with van der Waals surface area (Å²) in [5.74, 6) is 0.706. The van der Waals surface area contributed by atoms with Crippen LogP contribution in [0.3, 0.4) is 0 Å². The third kappa shape index (κ3) is 4.97. The van der Waals surface area contributed by atoms with Gasteiger partial charge in [-0.15, -0.1) is 0 Å². The summed E-state index contributed by atoms with van der Waals surface area (Å²) in [6.45, 7) is 3.84. The molecular formula is C22H22ClN3O3. The normalized spacial score (nSPS) is 10.9. The topological polar surface area (TPSA) is 64.8 Å². The van der Waals surface area contributed by atoms with Gasteiger partial charge in [0, 0.05) is 27.7 Å². The van der Waals surface area contributed by atoms with E-state index in [1.165, 1.54) is 0 Å². The molecule has 7 heteroatoms. The van der Waals surface area contributed by atoms with Gasteiger partial charge in [0.25, 0.3) is 5.91 Å². The number of carbonyl (C=O) groups excluding carboxylic acids is 1. The molecule has 1 aromatic heterocycles. The highest BCUT2D eigenvalue weighted by molar-refractivity contribution is 6.30. The molecule has 0 aliphatic rings. The number of aromatic nitrogens is 1. The first-order valence-electron chi connectivity index (χ1n) is 9.02. The molecule has 1 amide bonds. The second kappa shape index (κ2) is 9.30. The molecule has 3 aromatic rings. The molecule has 1 N–H and O–H groups in total. The van der Waals surface area contributed by atoms with Crippen molar-refractivity contribution in [1.29, 1.82) is 0 Å². The summed E-state index contributed by atoms with van der Waals surface area (Å²) >= 11 is 5.98. The molecule has 0 saturated heterocycles. The molecule has 29 heavy (non-hydrogen) atoms. The van der Waals surface area contributed by atoms with E-state index in [-0.39, 0.29) is 12.5 Å². The number of carbonyl (C=O) groups is 1. The Morgan fingerprint density at radius 2 is 1.83 bits per heavy atom. The minimum atomic E-state index is -0.362. The number of halogens is 1. The Morgan fingerprint density at radius 3 is 2.52 bits per heavy atom. The van der Waals surface area contributed by atoms with Gasteiger partial charge in [-0.25, -0.2) is 5.43 Å². The smallest absolute Gasteiger partial charge is 0.277 e. The second-order valence-electron chi connectivity index (χ2n) is 6.37. The number of para-hydroxylation sites is 2. The third-order valence-corrected chi connectivity index (χ3v) is 4.63. The van der Waals surface area contributed by atoms with E-state index in [1.54, 1.807) is 25.5 Å². The first kappa shape index (κ1) is 20.5. The number of hydrazone groups is 1. The third-order valence-electron chi connectivity index (χ3n) is 4.38. The fourth-order valence-electron chi connectivity index (χ4n) is 2.99. The molecule has 0 bridgehead atoms. The highest BCUT2D eigenvalue weighted by Gasteiger charge is 2.10. The van der Waals surface area contributed by atoms with Crippen LogP contribution in [-0.4, -0.2) is 30.4 Å². The summed E-state index contributed by atoms with van der Waals surface area (Å²) in [5.41, 5.74) is 6.46. The Bertz CT molecular complexity index is 1030. The quantitative estimate of drug-likeness (QED) is 0.466. The average molecular weight is 412 g/mol. The molecule has 0 aliphatic heterocycles. The van der Waals surface area contributed by atoms with Crippen molar-refractivity contribution in [2.24, 2.45) is 5.10 Å². The van der Waals surface area contributed by atoms with Crippen LogP contribution < -0.4 is 14.9 Å². The summed E-state index contributed by atoms with van der Waals surface area (Å²) in [5, 5.41) is 4.74. The van der Waals surface area contributed by atoms with Crippen LogP contribution in [0, 0.1) is 13.8 Å². The molecule has 6 nitrogen and oxygen atoms in total. The summed E-state index contributed by atoms with van der Waals surface area (Å²) in [6, 6.07) is 16.8. The van der Waals surface area contributed by atoms with Gasteiger partial charge in [0.15, 0.2) is 18.1 Å². The van der Waals surface area contributed by atoms with Crippen molar-refractivity contribution in [2.45, 2.75) is 13.8 Å². The van der Waals surface area contributed by atoms with Gasteiger partial charge in [0.1, 0.15) is 0 Å². The van der Waals surface area contributed by atoms with Gasteiger partial charge in [0.05, 0.1) is 13.3 Å². The fraction of sp³-hybridized carbons (Fsp3) is 0.182. The van der Waals surface area contributed by atoms with Crippen molar-refractivity contribution in [3.8, 4) is 17.2 Å². The van der Waals surface area contributed by atoms with Crippen LogP contribution >= 0.6 is 11.6 Å². The summed E-state index contributed by atoms with van der Waals surface area (Å²) in [7, 11) is 1.55. The first-order valence-corrected chi connectivity index (χ1v) is 9.40. The van der Waals surface area contributed by atoms with Crippen molar-refractivity contribution < 1.29 is 14.3 Å². The highest BCUT2D eigenvalue weighted by Crippen LogP contribution is 2.25. The minimum Gasteiger partial charge on any atom is -0.493 e. The Hall–Kier alpha value is -3.25. The van der Waals surface area contributed by atoms with E-state index < -0.39 is 0 Å². The Kier molecular flexibility index (Phi) is 6.57. The predicted octanol–water partition coefficient (Wildman–Crippen LogP) is 4.29. The maximum Gasteiger partial charge on any atom is 0.277 e. The molecule has 0 saturated carbocycles. The van der Waals surface area contributed by atoms with Crippen LogP contribution in [0.15, 0.2) is 59.7 Å². The zero-order valence-electron chi connectivity index (χ0n) is 16.5. The van der Waals surface area contributed by atoms with Crippen molar-refractivity contribution in [1.82, 2.24) is 9.99 Å². The number of ether oxygens (including phenoxy) is 2. The van der Waals surface area contributed by atoms with Gasteiger partial charge in [-0.3, -0.25) is 4.79 Å². The van der Waals surface area contributed by atoms with Crippen molar-refractivity contribution in [3.05, 3.63) is 76.6 Å². The van der Waals surface area contributed by atoms with Crippen LogP contribution in [0.1, 0.15) is 17.0 Å². The number of rotatable bonds is 7. The van der Waals surface area contributed by atoms with Gasteiger partial charge < -0.3 is 14.0 Å². The highest BCUT2D eigenvalue weighted by atomic mass is 35.5. The van der Waals surface area contributed by atoms with E-state index in [0.29, 0.717) is 16.5 Å². The molecule has 0 unspecified atom stereocenters. The van der Waals surface area contributed by atoms with Crippen LogP contribution in [0.25, 0.3) is 5.69 Å². The monoisotopic (exact) mass is 411 g/mol. The largest absolute Gasteiger partial charge is 0.493 e. The van der Waals surface area contributed by atoms with E-state index >= 15 is 0 Å². The molecule has 0 fully saturated rings.